The van der Waals surface area contributed by atoms with E-state index in [4.69, 9.17) is 0 Å². The van der Waals surface area contributed by atoms with Crippen LogP contribution in [0.3, 0.4) is 0 Å². The van der Waals surface area contributed by atoms with Gasteiger partial charge in [-0.05, 0) is 223 Å². The highest BCUT2D eigenvalue weighted by molar-refractivity contribution is 7.00. The Morgan fingerprint density at radius 3 is 1.01 bits per heavy atom. The summed E-state index contributed by atoms with van der Waals surface area (Å²) in [5, 5.41) is 6.66. The molecule has 562 valence electrons. The second-order valence-corrected chi connectivity index (χ2v) is 33.3. The molecule has 0 saturated carbocycles. The number of hydrogen-bond donors (Lipinski definition) is 0. The Morgan fingerprint density at radius 1 is 0.244 bits per heavy atom. The van der Waals surface area contributed by atoms with E-state index >= 15 is 0 Å². The fourth-order valence-electron chi connectivity index (χ4n) is 18.6. The summed E-state index contributed by atoms with van der Waals surface area (Å²) in [5.74, 6) is 0. The van der Waals surface area contributed by atoms with Crippen molar-refractivity contribution in [2.24, 2.45) is 0 Å². The van der Waals surface area contributed by atoms with Crippen LogP contribution < -0.4 is 26.2 Å². The predicted octanol–water partition coefficient (Wildman–Crippen LogP) is 29.2. The Hall–Kier alpha value is -14.5. The summed E-state index contributed by atoms with van der Waals surface area (Å²) in [6, 6.07) is 84.1. The molecule has 0 N–H and O–H groups in total. The summed E-state index contributed by atoms with van der Waals surface area (Å²) in [6.45, 7) is 12.0. The first-order valence-electron chi connectivity index (χ1n) is 49.8. The van der Waals surface area contributed by atoms with Crippen LogP contribution in [-0.4, -0.2) is 15.8 Å². The van der Waals surface area contributed by atoms with Gasteiger partial charge in [0.25, 0.3) is 6.71 Å². The van der Waals surface area contributed by atoms with E-state index in [-0.39, 0.29) is 89.9 Å². The molecule has 4 nitrogen and oxygen atoms in total. The van der Waals surface area contributed by atoms with Gasteiger partial charge < -0.3 is 18.9 Å². The van der Waals surface area contributed by atoms with Crippen molar-refractivity contribution in [3.05, 3.63) is 405 Å². The standard InChI is InChI=1S/C114H83BN4/c1-113(2,3)84-66-98(80-36-25-34-78(62-80)72-28-9-7-10-29-72)112(99(67-84)81-37-26-35-79(63-81)73-30-11-8-12-31-73)119-107-71-87(117-104-48-23-19-42-94(104)95-43-20-24-49-105(95)117)59-61-101(107)115-100-60-58-86(116-102-46-21-17-40-92(102)93-41-18-22-47-103(93)116)70-106(100)118(108-68-85(114(4,5)6)69-109(119)110(108)115)111-90(82-56-54-76-52-50-74-32-13-15-38-88(74)96(76)64-82)44-27-45-91(111)83-57-55-77-53-51-75-33-14-16-39-89(75)97(77)65-83/h7-71H,1-6H3/i17D,18D,19D,20D,21D,22D,23D,24D,27D,40D,41D,42D,43D,44D,45D,46D,47D,48D,49D. The van der Waals surface area contributed by atoms with Crippen molar-refractivity contribution in [2.45, 2.75) is 52.4 Å². The zero-order valence-corrected chi connectivity index (χ0v) is 65.9. The zero-order valence-electron chi connectivity index (χ0n) is 84.9. The van der Waals surface area contributed by atoms with E-state index in [9.17, 15) is 26.0 Å². The SMILES string of the molecule is [2H]c1c([2H])c(-c2ccc3ccc4ccccc4c3c2)c(N2c3cc(-n4c5c([2H])c([2H])c([2H])c([2H])c5c5c([2H])c([2H])c([2H])c([2H])c54)ccc3B3c4ccc(-n5c6c([2H])c([2H])c([2H])c([2H])c6c6c([2H])c([2H])c([2H])c([2H])c65)cc4N(c4c(-c5cccc(-c6ccccc6)c5)cc(C(C)(C)C)cc4-c4cccc(-c5ccccc5)c4)c4cc(C(C)(C)C)cc2c43)c(-c2ccc3ccc4ccccc4c3c2)c1[2H]. The van der Waals surface area contributed by atoms with Gasteiger partial charge in [0.1, 0.15) is 0 Å². The molecular weight excluding hydrogens is 1440 g/mol. The van der Waals surface area contributed by atoms with E-state index in [0.29, 0.717) is 56.0 Å². The third-order valence-electron chi connectivity index (χ3n) is 24.4. The lowest BCUT2D eigenvalue weighted by atomic mass is 9.33. The molecule has 0 atom stereocenters. The van der Waals surface area contributed by atoms with Crippen molar-refractivity contribution in [1.82, 2.24) is 9.13 Å². The van der Waals surface area contributed by atoms with Gasteiger partial charge in [0, 0.05) is 77.9 Å². The maximum absolute atomic E-state index is 11.1. The van der Waals surface area contributed by atoms with Crippen LogP contribution >= 0.6 is 0 Å². The van der Waals surface area contributed by atoms with Crippen molar-refractivity contribution in [3.8, 4) is 78.1 Å². The first-order chi connectivity index (χ1) is 66.2. The summed E-state index contributed by atoms with van der Waals surface area (Å²) in [7, 11) is 0. The quantitative estimate of drug-likeness (QED) is 0.100. The molecule has 19 aromatic carbocycles. The number of fused-ring (bicyclic) bond motifs is 16. The van der Waals surface area contributed by atoms with Crippen LogP contribution in [0.5, 0.6) is 0 Å². The van der Waals surface area contributed by atoms with Crippen molar-refractivity contribution in [3.63, 3.8) is 0 Å². The second kappa shape index (κ2) is 27.0. The summed E-state index contributed by atoms with van der Waals surface area (Å²) < 4.78 is 190. The van der Waals surface area contributed by atoms with Crippen LogP contribution in [0.4, 0.5) is 34.1 Å². The molecule has 2 aliphatic heterocycles. The molecule has 0 fully saturated rings. The molecule has 4 heterocycles. The lowest BCUT2D eigenvalue weighted by Gasteiger charge is -2.46. The number of aromatic nitrogens is 2. The largest absolute Gasteiger partial charge is 0.310 e. The van der Waals surface area contributed by atoms with E-state index in [0.717, 1.165) is 98.7 Å². The van der Waals surface area contributed by atoms with Crippen LogP contribution in [0.15, 0.2) is 394 Å². The summed E-state index contributed by atoms with van der Waals surface area (Å²) in [5.41, 5.74) is 13.5. The molecule has 119 heavy (non-hydrogen) atoms. The highest BCUT2D eigenvalue weighted by Gasteiger charge is 2.47. The Kier molecular flexibility index (Phi) is 12.0. The minimum Gasteiger partial charge on any atom is -0.310 e. The van der Waals surface area contributed by atoms with Crippen LogP contribution in [0.1, 0.15) is 78.7 Å². The predicted molar refractivity (Wildman–Crippen MR) is 509 cm³/mol. The van der Waals surface area contributed by atoms with E-state index in [1.54, 1.807) is 10.6 Å². The lowest BCUT2D eigenvalue weighted by molar-refractivity contribution is 0.590. The number of para-hydroxylation sites is 5. The Labute approximate surface area is 720 Å². The number of nitrogens with zero attached hydrogens (tertiary/aromatic N) is 4. The van der Waals surface area contributed by atoms with E-state index in [1.807, 2.05) is 127 Å². The number of benzene rings is 19. The fraction of sp³-hybridized carbons (Fsp3) is 0.0702. The lowest BCUT2D eigenvalue weighted by Crippen LogP contribution is -2.61. The Balaban J connectivity index is 0.949. The van der Waals surface area contributed by atoms with Gasteiger partial charge >= 0.3 is 0 Å². The highest BCUT2D eigenvalue weighted by Crippen LogP contribution is 2.56. The van der Waals surface area contributed by atoms with Gasteiger partial charge in [0.05, 0.1) is 59.5 Å². The average Bonchev–Trinajstić information content (AvgIpc) is 0.750. The maximum Gasteiger partial charge on any atom is 0.252 e. The zero-order chi connectivity index (χ0) is 96.1. The van der Waals surface area contributed by atoms with E-state index in [1.165, 1.54) is 4.57 Å². The molecule has 0 saturated heterocycles. The molecule has 2 aliphatic rings. The van der Waals surface area contributed by atoms with Gasteiger partial charge in [-0.15, -0.1) is 0 Å². The number of anilines is 6. The van der Waals surface area contributed by atoms with E-state index < -0.39 is 114 Å². The first kappa shape index (κ1) is 52.9. The Bertz CT molecular complexity index is 8600. The normalized spacial score (nSPS) is 15.0. The minimum atomic E-state index is -0.971. The number of rotatable bonds is 10. The molecule has 0 bridgehead atoms. The first-order valence-corrected chi connectivity index (χ1v) is 40.3. The Morgan fingerprint density at radius 2 is 0.588 bits per heavy atom. The molecule has 0 radical (unpaired) electrons. The van der Waals surface area contributed by atoms with Crippen LogP contribution in [0, 0.1) is 0 Å². The number of hydrogen-bond acceptors (Lipinski definition) is 2. The van der Waals surface area contributed by atoms with Gasteiger partial charge in [-0.2, -0.15) is 0 Å². The molecule has 0 spiro atoms. The highest BCUT2D eigenvalue weighted by atomic mass is 15.2. The van der Waals surface area contributed by atoms with Gasteiger partial charge in [0.2, 0.25) is 0 Å². The third kappa shape index (κ3) is 11.3. The minimum absolute atomic E-state index is 0.104. The average molecular weight is 1540 g/mol. The molecule has 0 unspecified atom stereocenters. The van der Waals surface area contributed by atoms with Gasteiger partial charge in [-0.3, -0.25) is 0 Å². The van der Waals surface area contributed by atoms with Gasteiger partial charge in [-0.1, -0.05) is 338 Å². The van der Waals surface area contributed by atoms with Crippen molar-refractivity contribution < 1.29 is 26.0 Å². The van der Waals surface area contributed by atoms with Gasteiger partial charge in [0.15, 0.2) is 0 Å². The smallest absolute Gasteiger partial charge is 0.252 e. The van der Waals surface area contributed by atoms with E-state index in [2.05, 4.69) is 197 Å². The van der Waals surface area contributed by atoms with Crippen LogP contribution in [-0.2, 0) is 10.8 Å². The van der Waals surface area contributed by atoms with Crippen LogP contribution in [0.25, 0.3) is 165 Å². The van der Waals surface area contributed by atoms with Crippen molar-refractivity contribution >= 4 is 144 Å². The summed E-state index contributed by atoms with van der Waals surface area (Å²) >= 11 is 0. The molecule has 0 aliphatic carbocycles. The monoisotopic (exact) mass is 1540 g/mol. The van der Waals surface area contributed by atoms with Crippen molar-refractivity contribution in [2.75, 3.05) is 9.80 Å². The summed E-state index contributed by atoms with van der Waals surface area (Å²) in [4.78, 5) is 4.40. The molecule has 23 rings (SSSR count). The molecule has 0 amide bonds. The van der Waals surface area contributed by atoms with Crippen LogP contribution in [0.2, 0.25) is 0 Å². The molecule has 5 heteroatoms. The second-order valence-electron chi connectivity index (χ2n) is 33.3. The topological polar surface area (TPSA) is 16.3 Å². The molecule has 21 aromatic rings. The van der Waals surface area contributed by atoms with Gasteiger partial charge in [-0.25, -0.2) is 0 Å². The molecule has 2 aromatic heterocycles. The summed E-state index contributed by atoms with van der Waals surface area (Å²) in [6.07, 6.45) is 0. The molecular formula is C114H83BN4. The third-order valence-corrected chi connectivity index (χ3v) is 24.4. The fourth-order valence-corrected chi connectivity index (χ4v) is 18.6. The maximum atomic E-state index is 11.1. The van der Waals surface area contributed by atoms with Crippen molar-refractivity contribution in [1.29, 1.82) is 0 Å².